The van der Waals surface area contributed by atoms with E-state index in [1.54, 1.807) is 19.1 Å². The molecule has 0 fully saturated rings. The normalized spacial score (nSPS) is 13.7. The van der Waals surface area contributed by atoms with Crippen molar-refractivity contribution in [2.24, 2.45) is 0 Å². The lowest BCUT2D eigenvalue weighted by atomic mass is 10.1. The molecule has 3 rings (SSSR count). The minimum atomic E-state index is -1.95. The summed E-state index contributed by atoms with van der Waals surface area (Å²) in [6.07, 6.45) is 0. The molecule has 0 aliphatic rings. The molecule has 7 heteroatoms. The zero-order valence-corrected chi connectivity index (χ0v) is 15.3. The maximum absolute atomic E-state index is 12.5. The van der Waals surface area contributed by atoms with Gasteiger partial charge < -0.3 is 5.11 Å². The van der Waals surface area contributed by atoms with E-state index in [-0.39, 0.29) is 16.7 Å². The van der Waals surface area contributed by atoms with Gasteiger partial charge in [-0.15, -0.1) is 0 Å². The first-order valence-electron chi connectivity index (χ1n) is 7.65. The largest absolute Gasteiger partial charge is 0.504 e. The van der Waals surface area contributed by atoms with Gasteiger partial charge in [0, 0.05) is 11.1 Å². The van der Waals surface area contributed by atoms with Crippen molar-refractivity contribution in [1.82, 2.24) is 10.5 Å². The number of fused-ring (bicyclic) bond motifs is 1. The number of hydroxylamine groups is 1. The molecule has 2 aromatic carbocycles. The molecule has 25 heavy (non-hydrogen) atoms. The van der Waals surface area contributed by atoms with E-state index in [0.717, 1.165) is 11.3 Å². The highest BCUT2D eigenvalue weighted by molar-refractivity contribution is 7.80. The van der Waals surface area contributed by atoms with Crippen LogP contribution in [0.1, 0.15) is 24.2 Å². The average Bonchev–Trinajstić information content (AvgIpc) is 2.63. The van der Waals surface area contributed by atoms with Gasteiger partial charge in [-0.2, -0.15) is 9.76 Å². The zero-order valence-electron chi connectivity index (χ0n) is 13.7. The number of nitrogens with zero attached hydrogens (tertiary/aromatic N) is 1. The van der Waals surface area contributed by atoms with E-state index in [2.05, 4.69) is 10.5 Å². The van der Waals surface area contributed by atoms with Gasteiger partial charge in [-0.25, -0.2) is 9.19 Å². The summed E-state index contributed by atoms with van der Waals surface area (Å²) in [7, 11) is 0. The Bertz CT molecular complexity index is 935. The monoisotopic (exact) mass is 376 g/mol. The van der Waals surface area contributed by atoms with Crippen LogP contribution < -0.4 is 5.48 Å². The van der Waals surface area contributed by atoms with Crippen LogP contribution in [0.2, 0.25) is 5.02 Å². The molecule has 1 aromatic heterocycles. The molecule has 0 aliphatic heterocycles. The third-order valence-electron chi connectivity index (χ3n) is 3.79. The van der Waals surface area contributed by atoms with Crippen molar-refractivity contribution in [2.75, 3.05) is 0 Å². The molecule has 0 saturated heterocycles. The zero-order chi connectivity index (χ0) is 18.0. The number of aromatic hydroxyl groups is 1. The Balaban J connectivity index is 1.84. The number of hydrogen-bond donors (Lipinski definition) is 2. The molecular formula is C18H17ClN2O3S. The van der Waals surface area contributed by atoms with E-state index in [1.165, 1.54) is 6.07 Å². The van der Waals surface area contributed by atoms with Crippen LogP contribution in [0.3, 0.4) is 0 Å². The molecule has 1 heterocycles. The Kier molecular flexibility index (Phi) is 5.34. The van der Waals surface area contributed by atoms with Gasteiger partial charge in [-0.1, -0.05) is 41.9 Å². The van der Waals surface area contributed by atoms with E-state index in [0.29, 0.717) is 15.9 Å². The molecule has 130 valence electrons. The van der Waals surface area contributed by atoms with Gasteiger partial charge in [0.15, 0.2) is 5.75 Å². The summed E-state index contributed by atoms with van der Waals surface area (Å²) in [5.74, 6) is -0.199. The molecule has 0 amide bonds. The summed E-state index contributed by atoms with van der Waals surface area (Å²) in [4.78, 5) is 4.35. The van der Waals surface area contributed by atoms with Crippen LogP contribution in [0.4, 0.5) is 0 Å². The second-order valence-electron chi connectivity index (χ2n) is 5.62. The molecule has 0 saturated carbocycles. The standard InChI is InChI=1S/C18H17ClN2O3S/c1-11-8-9-14-15(19)10-16(18(22)17(14)20-11)25(23)24-21-12(2)13-6-4-3-5-7-13/h3-10,12,21-22H,1-2H3. The number of aromatic nitrogens is 1. The van der Waals surface area contributed by atoms with Crippen LogP contribution in [0, 0.1) is 6.92 Å². The molecule has 2 atom stereocenters. The van der Waals surface area contributed by atoms with E-state index in [1.807, 2.05) is 37.3 Å². The summed E-state index contributed by atoms with van der Waals surface area (Å²) in [6, 6.07) is 14.4. The van der Waals surface area contributed by atoms with Crippen molar-refractivity contribution < 1.29 is 13.6 Å². The smallest absolute Gasteiger partial charge is 0.210 e. The Hall–Kier alpha value is -1.99. The second-order valence-corrected chi connectivity index (χ2v) is 7.11. The average molecular weight is 377 g/mol. The fourth-order valence-corrected chi connectivity index (χ4v) is 3.52. The first kappa shape index (κ1) is 17.8. The summed E-state index contributed by atoms with van der Waals surface area (Å²) in [5.41, 5.74) is 4.73. The highest BCUT2D eigenvalue weighted by Crippen LogP contribution is 2.35. The summed E-state index contributed by atoms with van der Waals surface area (Å²) >= 11 is 4.28. The Labute approximate surface area is 153 Å². The molecule has 5 nitrogen and oxygen atoms in total. The van der Waals surface area contributed by atoms with Crippen LogP contribution in [0.25, 0.3) is 10.9 Å². The highest BCUT2D eigenvalue weighted by atomic mass is 35.5. The Morgan fingerprint density at radius 3 is 2.68 bits per heavy atom. The number of benzene rings is 2. The fraction of sp³-hybridized carbons (Fsp3) is 0.167. The molecule has 0 bridgehead atoms. The van der Waals surface area contributed by atoms with Crippen LogP contribution in [0.5, 0.6) is 5.75 Å². The minimum Gasteiger partial charge on any atom is -0.504 e. The van der Waals surface area contributed by atoms with Crippen LogP contribution >= 0.6 is 11.6 Å². The molecule has 0 spiro atoms. The van der Waals surface area contributed by atoms with Crippen LogP contribution in [-0.2, 0) is 15.4 Å². The van der Waals surface area contributed by atoms with E-state index >= 15 is 0 Å². The number of nitrogens with one attached hydrogen (secondary N) is 1. The quantitative estimate of drug-likeness (QED) is 0.653. The topological polar surface area (TPSA) is 71.5 Å². The van der Waals surface area contributed by atoms with Crippen LogP contribution in [-0.4, -0.2) is 14.3 Å². The van der Waals surface area contributed by atoms with Gasteiger partial charge in [-0.3, -0.25) is 0 Å². The molecular weight excluding hydrogens is 360 g/mol. The number of aryl methyl sites for hydroxylation is 1. The fourth-order valence-electron chi connectivity index (χ4n) is 2.41. The number of hydrogen-bond acceptors (Lipinski definition) is 5. The summed E-state index contributed by atoms with van der Waals surface area (Å²) in [6.45, 7) is 3.68. The van der Waals surface area contributed by atoms with Gasteiger partial charge in [0.25, 0.3) is 0 Å². The number of halogens is 1. The lowest BCUT2D eigenvalue weighted by Crippen LogP contribution is -2.20. The number of phenols is 1. The summed E-state index contributed by atoms with van der Waals surface area (Å²) in [5, 5.41) is 11.4. The van der Waals surface area contributed by atoms with Crippen molar-refractivity contribution in [3.05, 3.63) is 64.8 Å². The summed E-state index contributed by atoms with van der Waals surface area (Å²) < 4.78 is 17.7. The Morgan fingerprint density at radius 1 is 1.24 bits per heavy atom. The van der Waals surface area contributed by atoms with E-state index in [4.69, 9.17) is 15.9 Å². The lowest BCUT2D eigenvalue weighted by Gasteiger charge is -2.14. The van der Waals surface area contributed by atoms with Gasteiger partial charge in [0.2, 0.25) is 11.1 Å². The van der Waals surface area contributed by atoms with Gasteiger partial charge in [0.05, 0.1) is 11.1 Å². The molecule has 2 N–H and O–H groups in total. The molecule has 0 radical (unpaired) electrons. The first-order chi connectivity index (χ1) is 12.0. The van der Waals surface area contributed by atoms with Crippen molar-refractivity contribution in [2.45, 2.75) is 24.8 Å². The number of rotatable bonds is 5. The van der Waals surface area contributed by atoms with Crippen LogP contribution in [0.15, 0.2) is 53.4 Å². The van der Waals surface area contributed by atoms with Crippen molar-refractivity contribution in [3.63, 3.8) is 0 Å². The Morgan fingerprint density at radius 2 is 1.96 bits per heavy atom. The molecule has 3 aromatic rings. The lowest BCUT2D eigenvalue weighted by molar-refractivity contribution is 0.185. The predicted molar refractivity (Wildman–Crippen MR) is 98.6 cm³/mol. The second kappa shape index (κ2) is 7.49. The van der Waals surface area contributed by atoms with E-state index in [9.17, 15) is 9.32 Å². The van der Waals surface area contributed by atoms with Gasteiger partial charge >= 0.3 is 0 Å². The van der Waals surface area contributed by atoms with Crippen molar-refractivity contribution >= 4 is 33.6 Å². The maximum Gasteiger partial charge on any atom is 0.210 e. The number of pyridine rings is 1. The van der Waals surface area contributed by atoms with Crippen molar-refractivity contribution in [3.8, 4) is 5.75 Å². The third-order valence-corrected chi connectivity index (χ3v) is 5.02. The maximum atomic E-state index is 12.5. The van der Waals surface area contributed by atoms with Gasteiger partial charge in [0.1, 0.15) is 10.4 Å². The van der Waals surface area contributed by atoms with E-state index < -0.39 is 11.1 Å². The van der Waals surface area contributed by atoms with Crippen molar-refractivity contribution in [1.29, 1.82) is 0 Å². The minimum absolute atomic E-state index is 0.0726. The number of phenolic OH excluding ortho intramolecular Hbond substituents is 1. The predicted octanol–water partition coefficient (Wildman–Crippen LogP) is 4.21. The molecule has 2 unspecified atom stereocenters. The SMILES string of the molecule is Cc1ccc2c(Cl)cc(S(=O)ONC(C)c3ccccc3)c(O)c2n1. The van der Waals surface area contributed by atoms with Gasteiger partial charge in [-0.05, 0) is 37.6 Å². The molecule has 0 aliphatic carbocycles. The first-order valence-corrected chi connectivity index (χ1v) is 9.11. The highest BCUT2D eigenvalue weighted by Gasteiger charge is 2.18. The third kappa shape index (κ3) is 3.82.